The summed E-state index contributed by atoms with van der Waals surface area (Å²) < 4.78 is 6.13. The first-order chi connectivity index (χ1) is 10.6. The first-order valence-electron chi connectivity index (χ1n) is 8.04. The monoisotopic (exact) mass is 301 g/mol. The number of allylic oxidation sites excluding steroid dienone is 2. The molecule has 0 aromatic carbocycles. The third kappa shape index (κ3) is 4.49. The van der Waals surface area contributed by atoms with Crippen LogP contribution in [0.5, 0.6) is 0 Å². The summed E-state index contributed by atoms with van der Waals surface area (Å²) in [7, 11) is 4.25. The zero-order chi connectivity index (χ0) is 15.9. The highest BCUT2D eigenvalue weighted by Crippen LogP contribution is 2.26. The van der Waals surface area contributed by atoms with Gasteiger partial charge in [-0.15, -0.1) is 0 Å². The van der Waals surface area contributed by atoms with E-state index in [1.807, 2.05) is 44.3 Å². The van der Waals surface area contributed by atoms with Crippen LogP contribution in [-0.4, -0.2) is 48.6 Å². The molecule has 0 saturated heterocycles. The maximum atomic E-state index is 6.13. The Hall–Kier alpha value is -1.52. The van der Waals surface area contributed by atoms with Crippen molar-refractivity contribution >= 4 is 11.8 Å². The lowest BCUT2D eigenvalue weighted by Gasteiger charge is -2.27. The van der Waals surface area contributed by atoms with Crippen molar-refractivity contribution in [3.63, 3.8) is 0 Å². The molecular formula is C18H27N3O. The average molecular weight is 301 g/mol. The molecule has 1 aliphatic rings. The van der Waals surface area contributed by atoms with E-state index in [4.69, 9.17) is 4.74 Å². The second kappa shape index (κ2) is 8.20. The summed E-state index contributed by atoms with van der Waals surface area (Å²) in [5, 5.41) is 0. The van der Waals surface area contributed by atoms with Crippen LogP contribution in [0, 0.1) is 0 Å². The molecule has 1 aromatic rings. The highest BCUT2D eigenvalue weighted by molar-refractivity contribution is 6.08. The lowest BCUT2D eigenvalue weighted by atomic mass is 10.2. The molecule has 0 bridgehead atoms. The fraction of sp³-hybridized carbons (Fsp3) is 0.556. The van der Waals surface area contributed by atoms with Crippen molar-refractivity contribution < 1.29 is 4.74 Å². The first kappa shape index (κ1) is 16.8. The molecule has 0 spiro atoms. The molecule has 3 atom stereocenters. The van der Waals surface area contributed by atoms with Gasteiger partial charge in [-0.2, -0.15) is 0 Å². The molecule has 1 aromatic heterocycles. The highest BCUT2D eigenvalue weighted by Gasteiger charge is 2.30. The summed E-state index contributed by atoms with van der Waals surface area (Å²) in [6, 6.07) is 6.40. The predicted molar refractivity (Wildman–Crippen MR) is 92.0 cm³/mol. The SMILES string of the molecule is C/C=C(\C=N/C(C)O[C@@H]1CCCC1N(C)C)c1ccccn1. The van der Waals surface area contributed by atoms with Crippen LogP contribution in [0.15, 0.2) is 35.5 Å². The Morgan fingerprint density at radius 3 is 2.86 bits per heavy atom. The molecule has 0 amide bonds. The first-order valence-corrected chi connectivity index (χ1v) is 8.04. The second-order valence-electron chi connectivity index (χ2n) is 5.97. The number of rotatable bonds is 6. The Kier molecular flexibility index (Phi) is 6.28. The van der Waals surface area contributed by atoms with E-state index in [2.05, 4.69) is 29.0 Å². The van der Waals surface area contributed by atoms with Crippen molar-refractivity contribution in [1.29, 1.82) is 0 Å². The quantitative estimate of drug-likeness (QED) is 0.756. The summed E-state index contributed by atoms with van der Waals surface area (Å²) >= 11 is 0. The van der Waals surface area contributed by atoms with Crippen LogP contribution in [0.3, 0.4) is 0 Å². The molecule has 0 N–H and O–H groups in total. The molecule has 2 unspecified atom stereocenters. The van der Waals surface area contributed by atoms with Gasteiger partial charge >= 0.3 is 0 Å². The van der Waals surface area contributed by atoms with Crippen LogP contribution in [0.2, 0.25) is 0 Å². The molecule has 1 fully saturated rings. The summed E-state index contributed by atoms with van der Waals surface area (Å²) in [6.07, 6.45) is 9.41. The standard InChI is InChI=1S/C18H27N3O/c1-5-15(16-9-6-7-12-19-16)13-20-14(2)22-18-11-8-10-17(18)21(3)4/h5-7,9,12-14,17-18H,8,10-11H2,1-4H3/b15-5+,20-13-/t14?,17?,18-/m1/s1. The fourth-order valence-corrected chi connectivity index (χ4v) is 2.95. The maximum Gasteiger partial charge on any atom is 0.145 e. The van der Waals surface area contributed by atoms with Crippen LogP contribution in [0.4, 0.5) is 0 Å². The number of ether oxygens (including phenoxy) is 1. The Labute approximate surface area is 133 Å². The molecule has 0 aliphatic heterocycles. The molecule has 1 heterocycles. The van der Waals surface area contributed by atoms with E-state index in [9.17, 15) is 0 Å². The van der Waals surface area contributed by atoms with Gasteiger partial charge < -0.3 is 9.64 Å². The van der Waals surface area contributed by atoms with E-state index < -0.39 is 0 Å². The van der Waals surface area contributed by atoms with Crippen molar-refractivity contribution in [1.82, 2.24) is 9.88 Å². The van der Waals surface area contributed by atoms with Crippen molar-refractivity contribution in [3.05, 3.63) is 36.2 Å². The summed E-state index contributed by atoms with van der Waals surface area (Å²) in [5.41, 5.74) is 1.96. The third-order valence-electron chi connectivity index (χ3n) is 4.15. The topological polar surface area (TPSA) is 37.7 Å². The van der Waals surface area contributed by atoms with Crippen LogP contribution >= 0.6 is 0 Å². The molecule has 22 heavy (non-hydrogen) atoms. The summed E-state index contributed by atoms with van der Waals surface area (Å²) in [6.45, 7) is 4.01. The Morgan fingerprint density at radius 1 is 1.41 bits per heavy atom. The molecule has 1 saturated carbocycles. The van der Waals surface area contributed by atoms with Gasteiger partial charge in [0, 0.05) is 24.0 Å². The van der Waals surface area contributed by atoms with Gasteiger partial charge in [0.2, 0.25) is 0 Å². The number of aliphatic imine (C=N–C) groups is 1. The largest absolute Gasteiger partial charge is 0.352 e. The minimum absolute atomic E-state index is 0.135. The van der Waals surface area contributed by atoms with E-state index in [0.717, 1.165) is 17.7 Å². The Morgan fingerprint density at radius 2 is 2.23 bits per heavy atom. The van der Waals surface area contributed by atoms with Crippen molar-refractivity contribution in [3.8, 4) is 0 Å². The molecule has 2 rings (SSSR count). The number of hydrogen-bond donors (Lipinski definition) is 0. The van der Waals surface area contributed by atoms with Gasteiger partial charge in [-0.05, 0) is 59.3 Å². The molecule has 4 heteroatoms. The molecule has 0 radical (unpaired) electrons. The smallest absolute Gasteiger partial charge is 0.145 e. The molecule has 120 valence electrons. The lowest BCUT2D eigenvalue weighted by Crippen LogP contribution is -2.37. The molecular weight excluding hydrogens is 274 g/mol. The third-order valence-corrected chi connectivity index (χ3v) is 4.15. The number of pyridine rings is 1. The van der Waals surface area contributed by atoms with Crippen molar-refractivity contribution in [2.75, 3.05) is 14.1 Å². The van der Waals surface area contributed by atoms with Crippen LogP contribution in [0.1, 0.15) is 38.8 Å². The summed E-state index contributed by atoms with van der Waals surface area (Å²) in [4.78, 5) is 11.2. The van der Waals surface area contributed by atoms with Gasteiger partial charge in [0.15, 0.2) is 0 Å². The van der Waals surface area contributed by atoms with E-state index >= 15 is 0 Å². The zero-order valence-corrected chi connectivity index (χ0v) is 14.1. The fourth-order valence-electron chi connectivity index (χ4n) is 2.95. The van der Waals surface area contributed by atoms with E-state index in [-0.39, 0.29) is 12.3 Å². The van der Waals surface area contributed by atoms with E-state index in [1.165, 1.54) is 12.8 Å². The number of likely N-dealkylation sites (N-methyl/N-ethyl adjacent to an activating group) is 1. The van der Waals surface area contributed by atoms with Gasteiger partial charge in [-0.25, -0.2) is 0 Å². The lowest BCUT2D eigenvalue weighted by molar-refractivity contribution is -0.0254. The van der Waals surface area contributed by atoms with E-state index in [1.54, 1.807) is 6.20 Å². The average Bonchev–Trinajstić information content (AvgIpc) is 2.97. The van der Waals surface area contributed by atoms with Crippen LogP contribution in [-0.2, 0) is 4.74 Å². The minimum Gasteiger partial charge on any atom is -0.352 e. The Bertz CT molecular complexity index is 510. The maximum absolute atomic E-state index is 6.13. The van der Waals surface area contributed by atoms with Gasteiger partial charge in [0.25, 0.3) is 0 Å². The number of aromatic nitrogens is 1. The normalized spacial score (nSPS) is 24.3. The van der Waals surface area contributed by atoms with Gasteiger partial charge in [-0.1, -0.05) is 12.1 Å². The molecule has 1 aliphatic carbocycles. The number of hydrogen-bond acceptors (Lipinski definition) is 4. The van der Waals surface area contributed by atoms with Crippen molar-refractivity contribution in [2.45, 2.75) is 51.5 Å². The van der Waals surface area contributed by atoms with Gasteiger partial charge in [0.1, 0.15) is 6.23 Å². The summed E-state index contributed by atoms with van der Waals surface area (Å²) in [5.74, 6) is 0. The highest BCUT2D eigenvalue weighted by atomic mass is 16.5. The minimum atomic E-state index is -0.135. The zero-order valence-electron chi connectivity index (χ0n) is 14.1. The van der Waals surface area contributed by atoms with Crippen molar-refractivity contribution in [2.24, 2.45) is 4.99 Å². The predicted octanol–water partition coefficient (Wildman–Crippen LogP) is 3.40. The van der Waals surface area contributed by atoms with Crippen LogP contribution < -0.4 is 0 Å². The van der Waals surface area contributed by atoms with Gasteiger partial charge in [-0.3, -0.25) is 9.98 Å². The number of nitrogens with zero attached hydrogens (tertiary/aromatic N) is 3. The van der Waals surface area contributed by atoms with Gasteiger partial charge in [0.05, 0.1) is 11.8 Å². The van der Waals surface area contributed by atoms with Crippen LogP contribution in [0.25, 0.3) is 5.57 Å². The second-order valence-corrected chi connectivity index (χ2v) is 5.97. The Balaban J connectivity index is 1.95. The van der Waals surface area contributed by atoms with E-state index in [0.29, 0.717) is 6.04 Å². The molecule has 4 nitrogen and oxygen atoms in total.